The molecule has 3 aromatic carbocycles. The molecule has 2 heterocycles. The van der Waals surface area contributed by atoms with Crippen molar-refractivity contribution in [2.75, 3.05) is 27.4 Å². The van der Waals surface area contributed by atoms with Gasteiger partial charge in [-0.15, -0.1) is 0 Å². The summed E-state index contributed by atoms with van der Waals surface area (Å²) in [5.41, 5.74) is -0.435. The molecule has 0 bridgehead atoms. The summed E-state index contributed by atoms with van der Waals surface area (Å²) >= 11 is 0. The zero-order valence-electron chi connectivity index (χ0n) is 30.7. The summed E-state index contributed by atoms with van der Waals surface area (Å²) in [4.78, 5) is 27.1. The molecule has 1 aliphatic heterocycles. The fourth-order valence-corrected chi connectivity index (χ4v) is 8.25. The zero-order chi connectivity index (χ0) is 38.1. The minimum Gasteiger partial charge on any atom is -0.497 e. The molecule has 1 aliphatic rings. The molecule has 53 heavy (non-hydrogen) atoms. The van der Waals surface area contributed by atoms with Crippen molar-refractivity contribution >= 4 is 8.53 Å². The van der Waals surface area contributed by atoms with Crippen LogP contribution in [0.15, 0.2) is 101 Å². The number of benzene rings is 3. The normalized spacial score (nSPS) is 19.4. The number of aromatic amines is 1. The number of nitrogens with zero attached hydrogens (tertiary/aromatic N) is 3. The van der Waals surface area contributed by atoms with Gasteiger partial charge in [-0.25, -0.2) is 13.9 Å². The van der Waals surface area contributed by atoms with Crippen LogP contribution in [0.4, 0.5) is 4.39 Å². The lowest BCUT2D eigenvalue weighted by atomic mass is 9.80. The Hall–Kier alpha value is -4.41. The summed E-state index contributed by atoms with van der Waals surface area (Å²) in [5, 5.41) is 9.25. The van der Waals surface area contributed by atoms with E-state index in [1.54, 1.807) is 14.2 Å². The summed E-state index contributed by atoms with van der Waals surface area (Å²) in [5.74, 6) is 1.30. The number of rotatable bonds is 17. The highest BCUT2D eigenvalue weighted by molar-refractivity contribution is 7.44. The van der Waals surface area contributed by atoms with E-state index in [1.807, 2.05) is 111 Å². The summed E-state index contributed by atoms with van der Waals surface area (Å²) in [7, 11) is 1.25. The Balaban J connectivity index is 1.62. The van der Waals surface area contributed by atoms with Crippen LogP contribution in [0, 0.1) is 11.3 Å². The molecule has 1 N–H and O–H groups in total. The smallest absolute Gasteiger partial charge is 0.330 e. The third kappa shape index (κ3) is 8.87. The maximum absolute atomic E-state index is 16.9. The van der Waals surface area contributed by atoms with E-state index in [1.165, 1.54) is 6.20 Å². The fourth-order valence-electron chi connectivity index (χ4n) is 6.49. The van der Waals surface area contributed by atoms with Gasteiger partial charge in [0.25, 0.3) is 14.1 Å². The first kappa shape index (κ1) is 39.8. The largest absolute Gasteiger partial charge is 0.497 e. The van der Waals surface area contributed by atoms with Gasteiger partial charge in [-0.3, -0.25) is 14.3 Å². The molecule has 0 spiro atoms. The van der Waals surface area contributed by atoms with Crippen molar-refractivity contribution in [3.05, 3.63) is 129 Å². The second-order valence-corrected chi connectivity index (χ2v) is 14.4. The van der Waals surface area contributed by atoms with Gasteiger partial charge >= 0.3 is 5.69 Å². The lowest BCUT2D eigenvalue weighted by Gasteiger charge is -2.39. The van der Waals surface area contributed by atoms with E-state index in [0.717, 1.165) is 27.3 Å². The average Bonchev–Trinajstić information content (AvgIpc) is 3.46. The van der Waals surface area contributed by atoms with E-state index < -0.39 is 50.0 Å². The van der Waals surface area contributed by atoms with Crippen LogP contribution in [0.3, 0.4) is 0 Å². The van der Waals surface area contributed by atoms with Crippen molar-refractivity contribution in [3.8, 4) is 17.6 Å². The van der Waals surface area contributed by atoms with E-state index in [0.29, 0.717) is 11.5 Å². The van der Waals surface area contributed by atoms with Crippen molar-refractivity contribution < 1.29 is 32.4 Å². The SMILES string of the molecule is COc1ccc(C(OCC2OC(n3ccc(=O)[nH]c3=O)C(F)C2OP(OCCC#N)N(C(C)C)C(C)C)(c2ccccc2)c2ccc(OC)cc2)cc1. The molecule has 14 heteroatoms. The number of ether oxygens (including phenoxy) is 4. The summed E-state index contributed by atoms with van der Waals surface area (Å²) in [6.07, 6.45) is -4.44. The molecule has 282 valence electrons. The Morgan fingerprint density at radius 1 is 0.906 bits per heavy atom. The summed E-state index contributed by atoms with van der Waals surface area (Å²) < 4.78 is 57.0. The van der Waals surface area contributed by atoms with Crippen molar-refractivity contribution in [1.29, 1.82) is 5.26 Å². The molecule has 0 radical (unpaired) electrons. The van der Waals surface area contributed by atoms with Gasteiger partial charge in [0.1, 0.15) is 29.3 Å². The van der Waals surface area contributed by atoms with Gasteiger partial charge in [0.2, 0.25) is 0 Å². The van der Waals surface area contributed by atoms with E-state index in [9.17, 15) is 14.9 Å². The molecule has 0 saturated carbocycles. The maximum atomic E-state index is 16.9. The molecule has 5 rings (SSSR count). The molecule has 1 saturated heterocycles. The number of H-pyrrole nitrogens is 1. The van der Waals surface area contributed by atoms with Gasteiger partial charge in [0.05, 0.1) is 39.9 Å². The van der Waals surface area contributed by atoms with E-state index >= 15 is 4.39 Å². The number of methoxy groups -OCH3 is 2. The minimum absolute atomic E-state index is 0.0632. The third-order valence-corrected chi connectivity index (χ3v) is 11.0. The van der Waals surface area contributed by atoms with Crippen LogP contribution in [0.2, 0.25) is 0 Å². The first-order valence-electron chi connectivity index (χ1n) is 17.4. The van der Waals surface area contributed by atoms with Crippen molar-refractivity contribution in [2.45, 2.75) is 76.4 Å². The number of aromatic nitrogens is 2. The quantitative estimate of drug-likeness (QED) is 0.0728. The number of nitrogens with one attached hydrogen (secondary N) is 1. The van der Waals surface area contributed by atoms with Gasteiger partial charge in [-0.2, -0.15) is 5.26 Å². The van der Waals surface area contributed by atoms with Crippen LogP contribution in [0.1, 0.15) is 57.0 Å². The molecule has 4 aromatic rings. The molecule has 1 fully saturated rings. The molecule has 5 unspecified atom stereocenters. The number of hydrogen-bond donors (Lipinski definition) is 1. The van der Waals surface area contributed by atoms with E-state index in [2.05, 4.69) is 11.1 Å². The highest BCUT2D eigenvalue weighted by Gasteiger charge is 2.51. The van der Waals surface area contributed by atoms with Crippen LogP contribution in [0.25, 0.3) is 0 Å². The van der Waals surface area contributed by atoms with Gasteiger partial charge in [0.15, 0.2) is 12.4 Å². The predicted molar refractivity (Wildman–Crippen MR) is 198 cm³/mol. The number of hydrogen-bond acceptors (Lipinski definition) is 10. The monoisotopic (exact) mass is 748 g/mol. The van der Waals surface area contributed by atoms with Gasteiger partial charge in [-0.05, 0) is 68.7 Å². The first-order valence-corrected chi connectivity index (χ1v) is 18.5. The van der Waals surface area contributed by atoms with Crippen LogP contribution < -0.4 is 20.7 Å². The average molecular weight is 749 g/mol. The van der Waals surface area contributed by atoms with Crippen LogP contribution in [-0.4, -0.2) is 72.1 Å². The molecule has 5 atom stereocenters. The van der Waals surface area contributed by atoms with E-state index in [4.69, 9.17) is 28.0 Å². The van der Waals surface area contributed by atoms with Gasteiger partial charge < -0.3 is 28.0 Å². The lowest BCUT2D eigenvalue weighted by Crippen LogP contribution is -2.41. The molecule has 1 aromatic heterocycles. The molecule has 0 aliphatic carbocycles. The van der Waals surface area contributed by atoms with Gasteiger partial charge in [0, 0.05) is 24.3 Å². The maximum Gasteiger partial charge on any atom is 0.330 e. The Kier molecular flexibility index (Phi) is 13.6. The lowest BCUT2D eigenvalue weighted by molar-refractivity contribution is -0.0934. The fraction of sp³-hybridized carbons (Fsp3) is 0.410. The number of alkyl halides is 1. The van der Waals surface area contributed by atoms with Crippen molar-refractivity contribution in [2.24, 2.45) is 0 Å². The predicted octanol–water partition coefficient (Wildman–Crippen LogP) is 6.46. The molecular formula is C39H46FN4O8P. The molecule has 0 amide bonds. The standard InChI is InChI=1S/C39H46FN4O8P/c1-26(2)44(27(3)4)53(50-24-10-22-41)52-36-33(51-37(35(36)40)43-23-21-34(45)42-38(43)46)25-49-39(28-11-8-7-9-12-28,29-13-17-31(47-5)18-14-29)30-15-19-32(48-6)20-16-30/h7-9,11-21,23,26-27,33,35-37H,10,24-25H2,1-6H3,(H,42,45,46). The second-order valence-electron chi connectivity index (χ2n) is 13.0. The first-order chi connectivity index (χ1) is 25.5. The second kappa shape index (κ2) is 18.1. The Morgan fingerprint density at radius 2 is 1.47 bits per heavy atom. The van der Waals surface area contributed by atoms with Crippen molar-refractivity contribution in [1.82, 2.24) is 14.2 Å². The highest BCUT2D eigenvalue weighted by Crippen LogP contribution is 2.51. The highest BCUT2D eigenvalue weighted by atomic mass is 31.2. The van der Waals surface area contributed by atoms with Crippen LogP contribution in [-0.2, 0) is 24.1 Å². The van der Waals surface area contributed by atoms with Crippen LogP contribution >= 0.6 is 8.53 Å². The number of nitriles is 1. The number of halogens is 1. The Labute approximate surface area is 310 Å². The molecular weight excluding hydrogens is 702 g/mol. The topological polar surface area (TPSA) is 137 Å². The minimum atomic E-state index is -1.93. The third-order valence-electron chi connectivity index (χ3n) is 8.90. The summed E-state index contributed by atoms with van der Waals surface area (Å²) in [6.45, 7) is 7.77. The van der Waals surface area contributed by atoms with E-state index in [-0.39, 0.29) is 31.7 Å². The zero-order valence-corrected chi connectivity index (χ0v) is 31.6. The van der Waals surface area contributed by atoms with Crippen molar-refractivity contribution in [3.63, 3.8) is 0 Å². The Bertz CT molecular complexity index is 1860. The van der Waals surface area contributed by atoms with Crippen LogP contribution in [0.5, 0.6) is 11.5 Å². The van der Waals surface area contributed by atoms with Gasteiger partial charge in [-0.1, -0.05) is 54.6 Å². The Morgan fingerprint density at radius 3 is 1.98 bits per heavy atom. The molecule has 12 nitrogen and oxygen atoms in total. The summed E-state index contributed by atoms with van der Waals surface area (Å²) in [6, 6.07) is 27.7.